The Morgan fingerprint density at radius 3 is 2.07 bits per heavy atom. The van der Waals surface area contributed by atoms with Gasteiger partial charge in [0.1, 0.15) is 0 Å². The summed E-state index contributed by atoms with van der Waals surface area (Å²) >= 11 is 3.46. The van der Waals surface area contributed by atoms with Crippen molar-refractivity contribution in [1.29, 1.82) is 0 Å². The van der Waals surface area contributed by atoms with Gasteiger partial charge in [-0.1, -0.05) is 48.0 Å². The minimum absolute atomic E-state index is 0. The summed E-state index contributed by atoms with van der Waals surface area (Å²) in [6.07, 6.45) is 10.8. The second-order valence-corrected chi connectivity index (χ2v) is 8.64. The van der Waals surface area contributed by atoms with Gasteiger partial charge in [-0.25, -0.2) is 14.6 Å². The van der Waals surface area contributed by atoms with Gasteiger partial charge >= 0.3 is 12.0 Å². The van der Waals surface area contributed by atoms with Crippen LogP contribution in [0.4, 0.5) is 4.79 Å². The second-order valence-electron chi connectivity index (χ2n) is 7.84. The number of hydrogen-bond donors (Lipinski definition) is 0. The number of unbranched alkanes of at least 4 members (excludes halogenated alkanes) is 7. The summed E-state index contributed by atoms with van der Waals surface area (Å²) in [6.45, 7) is 0.736. The predicted molar refractivity (Wildman–Crippen MR) is 116 cm³/mol. The molecule has 2 amide bonds. The Morgan fingerprint density at radius 2 is 1.53 bits per heavy atom. The van der Waals surface area contributed by atoms with Crippen LogP contribution in [0.15, 0.2) is 18.3 Å². The van der Waals surface area contributed by atoms with Crippen LogP contribution in [0.2, 0.25) is 0 Å². The summed E-state index contributed by atoms with van der Waals surface area (Å²) in [6, 6.07) is 3.27. The smallest absolute Gasteiger partial charge is 0.414 e. The lowest BCUT2D eigenvalue weighted by molar-refractivity contribution is -0.808. The normalized spacial score (nSPS) is 10.6. The molecule has 9 heteroatoms. The highest BCUT2D eigenvalue weighted by Crippen LogP contribution is 2.21. The van der Waals surface area contributed by atoms with Crippen LogP contribution in [0.5, 0.6) is 5.75 Å². The Morgan fingerprint density at radius 1 is 1.00 bits per heavy atom. The van der Waals surface area contributed by atoms with Crippen molar-refractivity contribution in [3.8, 4) is 5.75 Å². The Kier molecular flexibility index (Phi) is 18.0. The molecule has 0 aliphatic rings. The fraction of sp³-hybridized carbons (Fsp3) is 0.667. The van der Waals surface area contributed by atoms with Crippen molar-refractivity contribution < 1.29 is 52.8 Å². The minimum atomic E-state index is -0.525. The minimum Gasteiger partial charge on any atom is -1.00 e. The van der Waals surface area contributed by atoms with Gasteiger partial charge in [-0.05, 0) is 31.4 Å². The van der Waals surface area contributed by atoms with Crippen molar-refractivity contribution in [3.05, 3.63) is 24.0 Å². The molecule has 30 heavy (non-hydrogen) atoms. The molecule has 0 saturated heterocycles. The van der Waals surface area contributed by atoms with E-state index in [1.54, 1.807) is 32.4 Å². The maximum Gasteiger partial charge on any atom is 0.414 e. The van der Waals surface area contributed by atoms with E-state index in [0.717, 1.165) is 24.7 Å². The molecular weight excluding hydrogens is 582 g/mol. The van der Waals surface area contributed by atoms with Crippen LogP contribution in [0, 0.1) is 0 Å². The van der Waals surface area contributed by atoms with Crippen molar-refractivity contribution in [1.82, 2.24) is 9.88 Å². The molecule has 1 aromatic heterocycles. The standard InChI is InChI=1S/C21H35BrN3O3.2BrH/c1-24(2)21(27)28-18-14-13-16-23-19(18)20(26)25(3,4)17-12-10-8-6-5-7-9-11-15-22;;/h13-14,16H,5-12,15,17H2,1-4H3;2*1H/q+1;;/p-2. The lowest BCUT2D eigenvalue weighted by atomic mass is 10.1. The van der Waals surface area contributed by atoms with E-state index in [9.17, 15) is 9.59 Å². The molecule has 0 unspecified atom stereocenters. The summed E-state index contributed by atoms with van der Waals surface area (Å²) in [7, 11) is 6.97. The van der Waals surface area contributed by atoms with Gasteiger partial charge in [0.05, 0.1) is 20.6 Å². The largest absolute Gasteiger partial charge is 1.00 e. The van der Waals surface area contributed by atoms with Crippen molar-refractivity contribution in [3.63, 3.8) is 0 Å². The fourth-order valence-electron chi connectivity index (χ4n) is 2.87. The number of hydrogen-bond acceptors (Lipinski definition) is 4. The van der Waals surface area contributed by atoms with Crippen molar-refractivity contribution in [2.24, 2.45) is 0 Å². The molecule has 1 aromatic rings. The van der Waals surface area contributed by atoms with Crippen molar-refractivity contribution in [2.75, 3.05) is 40.1 Å². The molecule has 0 bridgehead atoms. The van der Waals surface area contributed by atoms with E-state index in [-0.39, 0.29) is 55.8 Å². The molecule has 0 N–H and O–H groups in total. The van der Waals surface area contributed by atoms with E-state index < -0.39 is 6.09 Å². The number of alkyl halides is 1. The van der Waals surface area contributed by atoms with Crippen LogP contribution >= 0.6 is 15.9 Å². The number of pyridine rings is 1. The number of aromatic nitrogens is 1. The van der Waals surface area contributed by atoms with E-state index in [1.807, 2.05) is 14.1 Å². The Hall–Kier alpha value is -0.510. The van der Waals surface area contributed by atoms with Crippen LogP contribution < -0.4 is 38.7 Å². The molecule has 0 aliphatic heterocycles. The van der Waals surface area contributed by atoms with Crippen molar-refractivity contribution >= 4 is 27.9 Å². The quantitative estimate of drug-likeness (QED) is 0.170. The third-order valence-corrected chi connectivity index (χ3v) is 5.25. The van der Waals surface area contributed by atoms with E-state index in [2.05, 4.69) is 20.9 Å². The maximum atomic E-state index is 13.0. The van der Waals surface area contributed by atoms with Gasteiger partial charge in [-0.2, -0.15) is 0 Å². The molecule has 0 atom stereocenters. The monoisotopic (exact) mass is 614 g/mol. The summed E-state index contributed by atoms with van der Waals surface area (Å²) in [5.74, 6) is 0.0674. The summed E-state index contributed by atoms with van der Waals surface area (Å²) in [5.41, 5.74) is 0.203. The molecule has 0 spiro atoms. The van der Waals surface area contributed by atoms with Crippen LogP contribution in [-0.2, 0) is 0 Å². The summed E-state index contributed by atoms with van der Waals surface area (Å²) in [4.78, 5) is 30.4. The topological polar surface area (TPSA) is 59.5 Å². The number of halogens is 3. The zero-order valence-electron chi connectivity index (χ0n) is 18.5. The molecule has 0 radical (unpaired) electrons. The van der Waals surface area contributed by atoms with Gasteiger partial charge in [-0.15, -0.1) is 0 Å². The molecule has 1 heterocycles. The lowest BCUT2D eigenvalue weighted by Gasteiger charge is -2.27. The number of carbonyl (C=O) groups excluding carboxylic acids is 2. The Balaban J connectivity index is 0. The van der Waals surface area contributed by atoms with Crippen LogP contribution in [-0.4, -0.2) is 66.4 Å². The molecule has 0 saturated carbocycles. The van der Waals surface area contributed by atoms with E-state index >= 15 is 0 Å². The van der Waals surface area contributed by atoms with Gasteiger partial charge in [0, 0.05) is 25.6 Å². The van der Waals surface area contributed by atoms with Gasteiger partial charge < -0.3 is 43.6 Å². The van der Waals surface area contributed by atoms with E-state index in [4.69, 9.17) is 4.74 Å². The van der Waals surface area contributed by atoms with Gasteiger partial charge in [0.15, 0.2) is 5.75 Å². The predicted octanol–water partition coefficient (Wildman–Crippen LogP) is -1.12. The zero-order chi connectivity index (χ0) is 21.0. The molecule has 0 aliphatic carbocycles. The molecule has 0 aromatic carbocycles. The average Bonchev–Trinajstić information content (AvgIpc) is 2.66. The molecule has 174 valence electrons. The third kappa shape index (κ3) is 11.8. The summed E-state index contributed by atoms with van der Waals surface area (Å²) in [5, 5.41) is 1.10. The number of rotatable bonds is 12. The zero-order valence-corrected chi connectivity index (χ0v) is 23.3. The van der Waals surface area contributed by atoms with Gasteiger partial charge in [-0.3, -0.25) is 4.48 Å². The van der Waals surface area contributed by atoms with Gasteiger partial charge in [0.2, 0.25) is 5.69 Å². The Bertz CT molecular complexity index is 629. The second kappa shape index (κ2) is 17.1. The molecule has 1 rings (SSSR count). The molecular formula is C21H35Br3N3O3-. The first-order valence-corrected chi connectivity index (χ1v) is 11.2. The highest BCUT2D eigenvalue weighted by atomic mass is 79.9. The lowest BCUT2D eigenvalue weighted by Crippen LogP contribution is -3.00. The third-order valence-electron chi connectivity index (χ3n) is 4.69. The molecule has 6 nitrogen and oxygen atoms in total. The highest BCUT2D eigenvalue weighted by molar-refractivity contribution is 9.09. The highest BCUT2D eigenvalue weighted by Gasteiger charge is 2.32. The van der Waals surface area contributed by atoms with Crippen LogP contribution in [0.3, 0.4) is 0 Å². The number of amides is 2. The van der Waals surface area contributed by atoms with Crippen molar-refractivity contribution in [2.45, 2.75) is 51.4 Å². The first kappa shape index (κ1) is 31.7. The molecule has 0 fully saturated rings. The maximum absolute atomic E-state index is 13.0. The first-order chi connectivity index (χ1) is 13.3. The number of quaternary nitrogens is 1. The number of nitrogens with zero attached hydrogens (tertiary/aromatic N) is 3. The average molecular weight is 617 g/mol. The summed E-state index contributed by atoms with van der Waals surface area (Å²) < 4.78 is 5.50. The number of carbonyl (C=O) groups is 2. The fourth-order valence-corrected chi connectivity index (χ4v) is 3.27. The first-order valence-electron chi connectivity index (χ1n) is 10.1. The Labute approximate surface area is 211 Å². The van der Waals surface area contributed by atoms with Crippen LogP contribution in [0.1, 0.15) is 61.9 Å². The van der Waals surface area contributed by atoms with Gasteiger partial charge in [0.25, 0.3) is 0 Å². The SMILES string of the molecule is CN(C)C(=O)Oc1cccnc1C(=O)[N+](C)(C)CCCCCCCCCCBr.[Br-].[Br-]. The number of ether oxygens (including phenoxy) is 1. The van der Waals surface area contributed by atoms with E-state index in [0.29, 0.717) is 0 Å². The van der Waals surface area contributed by atoms with E-state index in [1.165, 1.54) is 43.4 Å². The van der Waals surface area contributed by atoms with Crippen LogP contribution in [0.25, 0.3) is 0 Å².